The first kappa shape index (κ1) is 19.9. The molecule has 3 N–H and O–H groups in total. The molecule has 146 valence electrons. The monoisotopic (exact) mass is 399 g/mol. The number of nitrogens with one attached hydrogen (secondary N) is 1. The standard InChI is InChI=1S/C19H21F4N3S/c1-26-9-7-13(12(20)10-26)25-14-5-2-4-11-16(17(21)19(22)23)15(6-3-8-24)27-18(11)14/h2,4-5,12-13,17,19,25H,7-10,24H2,1H3. The molecule has 1 saturated heterocycles. The third-order valence-electron chi connectivity index (χ3n) is 4.64. The summed E-state index contributed by atoms with van der Waals surface area (Å²) in [6, 6.07) is 4.62. The summed E-state index contributed by atoms with van der Waals surface area (Å²) in [6.07, 6.45) is -6.02. The molecular weight excluding hydrogens is 378 g/mol. The third kappa shape index (κ3) is 4.21. The molecule has 0 spiro atoms. The van der Waals surface area contributed by atoms with Crippen molar-refractivity contribution in [2.75, 3.05) is 32.0 Å². The summed E-state index contributed by atoms with van der Waals surface area (Å²) >= 11 is 1.13. The Hall–Kier alpha value is -1.82. The first-order chi connectivity index (χ1) is 12.9. The number of likely N-dealkylation sites (tertiary alicyclic amines) is 1. The molecular formula is C19H21F4N3S. The van der Waals surface area contributed by atoms with Gasteiger partial charge >= 0.3 is 0 Å². The molecule has 0 saturated carbocycles. The lowest BCUT2D eigenvalue weighted by Crippen LogP contribution is -2.46. The number of nitrogens with zero attached hydrogens (tertiary/aromatic N) is 1. The maximum absolute atomic E-state index is 14.4. The molecule has 2 aromatic rings. The number of fused-ring (bicyclic) bond motifs is 1. The van der Waals surface area contributed by atoms with E-state index in [4.69, 9.17) is 5.73 Å². The SMILES string of the molecule is CN1CCC(Nc2cccc3c(C(F)C(F)F)c(C#CCN)sc23)C(F)C1. The Morgan fingerprint density at radius 3 is 2.81 bits per heavy atom. The number of rotatable bonds is 4. The quantitative estimate of drug-likeness (QED) is 0.605. The molecule has 3 rings (SSSR count). The number of benzene rings is 1. The molecule has 2 heterocycles. The Bertz CT molecular complexity index is 858. The summed E-state index contributed by atoms with van der Waals surface area (Å²) in [6.45, 7) is 1.13. The van der Waals surface area contributed by atoms with E-state index in [1.54, 1.807) is 18.2 Å². The van der Waals surface area contributed by atoms with Gasteiger partial charge in [0.25, 0.3) is 6.43 Å². The summed E-state index contributed by atoms with van der Waals surface area (Å²) in [5.74, 6) is 5.31. The molecule has 3 atom stereocenters. The largest absolute Gasteiger partial charge is 0.378 e. The van der Waals surface area contributed by atoms with Gasteiger partial charge in [-0.15, -0.1) is 11.3 Å². The highest BCUT2D eigenvalue weighted by Gasteiger charge is 2.30. The highest BCUT2D eigenvalue weighted by Crippen LogP contribution is 2.42. The average Bonchev–Trinajstić information content (AvgIpc) is 3.00. The summed E-state index contributed by atoms with van der Waals surface area (Å²) in [5.41, 5.74) is 5.86. The fourth-order valence-electron chi connectivity index (χ4n) is 3.29. The predicted molar refractivity (Wildman–Crippen MR) is 102 cm³/mol. The van der Waals surface area contributed by atoms with Gasteiger partial charge in [0.05, 0.1) is 27.9 Å². The van der Waals surface area contributed by atoms with Crippen LogP contribution in [0.2, 0.25) is 0 Å². The van der Waals surface area contributed by atoms with Gasteiger partial charge in [0.15, 0.2) is 6.17 Å². The number of anilines is 1. The maximum Gasteiger partial charge on any atom is 0.273 e. The normalized spacial score (nSPS) is 21.9. The molecule has 1 aliphatic heterocycles. The highest BCUT2D eigenvalue weighted by atomic mass is 32.1. The molecule has 1 fully saturated rings. The molecule has 1 aliphatic rings. The van der Waals surface area contributed by atoms with Gasteiger partial charge in [-0.3, -0.25) is 0 Å². The van der Waals surface area contributed by atoms with E-state index in [-0.39, 0.29) is 23.0 Å². The van der Waals surface area contributed by atoms with E-state index in [2.05, 4.69) is 17.2 Å². The maximum atomic E-state index is 14.4. The molecule has 0 bridgehead atoms. The Morgan fingerprint density at radius 2 is 2.15 bits per heavy atom. The zero-order valence-corrected chi connectivity index (χ0v) is 15.6. The van der Waals surface area contributed by atoms with Crippen molar-refractivity contribution >= 4 is 27.1 Å². The van der Waals surface area contributed by atoms with E-state index < -0.39 is 18.8 Å². The summed E-state index contributed by atoms with van der Waals surface area (Å²) < 4.78 is 55.4. The van der Waals surface area contributed by atoms with Gasteiger partial charge in [-0.25, -0.2) is 17.6 Å². The smallest absolute Gasteiger partial charge is 0.273 e. The second kappa shape index (κ2) is 8.46. The number of hydrogen-bond donors (Lipinski definition) is 2. The van der Waals surface area contributed by atoms with Crippen LogP contribution in [0.1, 0.15) is 23.0 Å². The van der Waals surface area contributed by atoms with Crippen LogP contribution in [-0.4, -0.2) is 50.2 Å². The minimum Gasteiger partial charge on any atom is -0.378 e. The first-order valence-electron chi connectivity index (χ1n) is 8.68. The van der Waals surface area contributed by atoms with Crippen molar-refractivity contribution in [1.82, 2.24) is 4.90 Å². The first-order valence-corrected chi connectivity index (χ1v) is 9.49. The summed E-state index contributed by atoms with van der Waals surface area (Å²) in [7, 11) is 1.86. The highest BCUT2D eigenvalue weighted by molar-refractivity contribution is 7.20. The predicted octanol–water partition coefficient (Wildman–Crippen LogP) is 3.94. The van der Waals surface area contributed by atoms with Crippen LogP contribution in [-0.2, 0) is 0 Å². The summed E-state index contributed by atoms with van der Waals surface area (Å²) in [5, 5.41) is 3.56. The Balaban J connectivity index is 2.03. The Labute approximate surface area is 159 Å². The molecule has 1 aromatic heterocycles. The van der Waals surface area contributed by atoms with Crippen LogP contribution in [0.25, 0.3) is 10.1 Å². The van der Waals surface area contributed by atoms with Crippen LogP contribution in [0.4, 0.5) is 23.2 Å². The second-order valence-electron chi connectivity index (χ2n) is 6.59. The third-order valence-corrected chi connectivity index (χ3v) is 5.81. The van der Waals surface area contributed by atoms with Crippen molar-refractivity contribution in [3.05, 3.63) is 28.6 Å². The second-order valence-corrected chi connectivity index (χ2v) is 7.61. The molecule has 0 amide bonds. The summed E-state index contributed by atoms with van der Waals surface area (Å²) in [4.78, 5) is 2.15. The van der Waals surface area contributed by atoms with Gasteiger partial charge in [0, 0.05) is 24.0 Å². The molecule has 0 radical (unpaired) electrons. The van der Waals surface area contributed by atoms with Crippen LogP contribution < -0.4 is 11.1 Å². The van der Waals surface area contributed by atoms with Gasteiger partial charge in [0.1, 0.15) is 6.17 Å². The number of alkyl halides is 4. The molecule has 0 aliphatic carbocycles. The van der Waals surface area contributed by atoms with Crippen LogP contribution in [0.15, 0.2) is 18.2 Å². The van der Waals surface area contributed by atoms with Crippen molar-refractivity contribution in [1.29, 1.82) is 0 Å². The van der Waals surface area contributed by atoms with Crippen molar-refractivity contribution in [2.45, 2.75) is 31.2 Å². The topological polar surface area (TPSA) is 41.3 Å². The number of nitrogens with two attached hydrogens (primary N) is 1. The number of thiophene rings is 1. The molecule has 3 unspecified atom stereocenters. The van der Waals surface area contributed by atoms with Gasteiger partial charge in [-0.2, -0.15) is 0 Å². The van der Waals surface area contributed by atoms with Crippen LogP contribution >= 0.6 is 11.3 Å². The Morgan fingerprint density at radius 1 is 1.37 bits per heavy atom. The van der Waals surface area contributed by atoms with Crippen LogP contribution in [0.5, 0.6) is 0 Å². The van der Waals surface area contributed by atoms with Gasteiger partial charge in [-0.05, 0) is 19.5 Å². The lowest BCUT2D eigenvalue weighted by molar-refractivity contribution is 0.0504. The lowest BCUT2D eigenvalue weighted by atomic mass is 10.0. The van der Waals surface area contributed by atoms with Gasteiger partial charge in [-0.1, -0.05) is 24.0 Å². The van der Waals surface area contributed by atoms with E-state index in [1.165, 1.54) is 0 Å². The minimum atomic E-state index is -3.15. The molecule has 1 aromatic carbocycles. The number of piperidine rings is 1. The fourth-order valence-corrected chi connectivity index (χ4v) is 4.48. The van der Waals surface area contributed by atoms with Gasteiger partial charge in [0.2, 0.25) is 0 Å². The van der Waals surface area contributed by atoms with Gasteiger partial charge < -0.3 is 16.0 Å². The number of halogens is 4. The van der Waals surface area contributed by atoms with E-state index in [1.807, 2.05) is 11.9 Å². The van der Waals surface area contributed by atoms with E-state index >= 15 is 0 Å². The molecule has 3 nitrogen and oxygen atoms in total. The van der Waals surface area contributed by atoms with Crippen molar-refractivity contribution < 1.29 is 17.6 Å². The van der Waals surface area contributed by atoms with Crippen LogP contribution in [0, 0.1) is 11.8 Å². The zero-order valence-electron chi connectivity index (χ0n) is 14.8. The zero-order chi connectivity index (χ0) is 19.6. The average molecular weight is 399 g/mol. The number of hydrogen-bond acceptors (Lipinski definition) is 4. The lowest BCUT2D eigenvalue weighted by Gasteiger charge is -2.33. The Kier molecular flexibility index (Phi) is 6.25. The fraction of sp³-hybridized carbons (Fsp3) is 0.474. The van der Waals surface area contributed by atoms with E-state index in [9.17, 15) is 17.6 Å². The minimum absolute atomic E-state index is 0.0452. The molecule has 8 heteroatoms. The van der Waals surface area contributed by atoms with Crippen LogP contribution in [0.3, 0.4) is 0 Å². The van der Waals surface area contributed by atoms with Crippen molar-refractivity contribution in [3.63, 3.8) is 0 Å². The molecule has 27 heavy (non-hydrogen) atoms. The van der Waals surface area contributed by atoms with E-state index in [0.717, 1.165) is 17.9 Å². The van der Waals surface area contributed by atoms with Crippen molar-refractivity contribution in [2.24, 2.45) is 5.73 Å². The van der Waals surface area contributed by atoms with E-state index in [0.29, 0.717) is 28.7 Å². The van der Waals surface area contributed by atoms with Crippen molar-refractivity contribution in [3.8, 4) is 11.8 Å².